The molecule has 0 unspecified atom stereocenters. The van der Waals surface area contributed by atoms with Crippen molar-refractivity contribution in [1.29, 1.82) is 0 Å². The van der Waals surface area contributed by atoms with Crippen LogP contribution in [0.25, 0.3) is 11.1 Å². The molecule has 0 spiro atoms. The van der Waals surface area contributed by atoms with Crippen molar-refractivity contribution in [2.75, 3.05) is 19.6 Å². The van der Waals surface area contributed by atoms with E-state index in [4.69, 9.17) is 0 Å². The van der Waals surface area contributed by atoms with Crippen LogP contribution in [-0.2, 0) is 0 Å². The monoisotopic (exact) mass is 364 g/mol. The fourth-order valence-corrected chi connectivity index (χ4v) is 3.68. The number of benzene rings is 2. The Bertz CT molecular complexity index is 851. The number of likely N-dealkylation sites (tertiary alicyclic amines) is 1. The molecule has 0 aromatic heterocycles. The molecule has 4 heteroatoms. The number of nitrogens with zero attached hydrogens (tertiary/aromatic N) is 1. The van der Waals surface area contributed by atoms with E-state index in [1.165, 1.54) is 6.42 Å². The molecule has 1 fully saturated rings. The van der Waals surface area contributed by atoms with Gasteiger partial charge in [-0.05, 0) is 86.6 Å². The summed E-state index contributed by atoms with van der Waals surface area (Å²) >= 11 is 0. The zero-order valence-corrected chi connectivity index (χ0v) is 16.5. The lowest BCUT2D eigenvalue weighted by Gasteiger charge is -2.27. The molecule has 0 bridgehead atoms. The van der Waals surface area contributed by atoms with E-state index in [2.05, 4.69) is 11.4 Å². The summed E-state index contributed by atoms with van der Waals surface area (Å²) in [5, 5.41) is 2.86. The third kappa shape index (κ3) is 4.38. The number of aryl methyl sites for hydroxylation is 2. The molecule has 1 N–H and O–H groups in total. The van der Waals surface area contributed by atoms with Gasteiger partial charge >= 0.3 is 0 Å². The van der Waals surface area contributed by atoms with Gasteiger partial charge in [0.15, 0.2) is 0 Å². The number of nitrogens with one attached hydrogen (secondary N) is 1. The Morgan fingerprint density at radius 2 is 1.70 bits per heavy atom. The number of piperidine rings is 1. The number of rotatable bonds is 4. The Hall–Kier alpha value is -2.62. The fraction of sp³-hybridized carbons (Fsp3) is 0.391. The second-order valence-corrected chi connectivity index (χ2v) is 7.33. The third-order valence-electron chi connectivity index (χ3n) is 5.12. The van der Waals surface area contributed by atoms with Crippen molar-refractivity contribution in [3.63, 3.8) is 0 Å². The van der Waals surface area contributed by atoms with Gasteiger partial charge in [0.1, 0.15) is 0 Å². The third-order valence-corrected chi connectivity index (χ3v) is 5.12. The van der Waals surface area contributed by atoms with Crippen molar-refractivity contribution < 1.29 is 9.59 Å². The van der Waals surface area contributed by atoms with Gasteiger partial charge in [-0.2, -0.15) is 0 Å². The van der Waals surface area contributed by atoms with Gasteiger partial charge in [0.25, 0.3) is 11.8 Å². The maximum atomic E-state index is 12.9. The number of hydrogen-bond acceptors (Lipinski definition) is 2. The lowest BCUT2D eigenvalue weighted by molar-refractivity contribution is 0.0724. The Morgan fingerprint density at radius 3 is 2.41 bits per heavy atom. The molecule has 4 nitrogen and oxygen atoms in total. The summed E-state index contributed by atoms with van der Waals surface area (Å²) in [6.07, 6.45) is 3.37. The predicted octanol–water partition coefficient (Wildman–Crippen LogP) is 4.35. The molecule has 0 atom stereocenters. The number of hydrogen-bond donors (Lipinski definition) is 1. The highest BCUT2D eigenvalue weighted by atomic mass is 16.2. The molecule has 1 saturated heterocycles. The lowest BCUT2D eigenvalue weighted by atomic mass is 9.94. The summed E-state index contributed by atoms with van der Waals surface area (Å²) in [6.45, 7) is 8.22. The molecule has 142 valence electrons. The molecule has 0 aliphatic carbocycles. The van der Waals surface area contributed by atoms with E-state index in [0.717, 1.165) is 53.7 Å². The first-order chi connectivity index (χ1) is 13.0. The Kier molecular flexibility index (Phi) is 5.94. The summed E-state index contributed by atoms with van der Waals surface area (Å²) in [4.78, 5) is 27.1. The summed E-state index contributed by atoms with van der Waals surface area (Å²) in [5.41, 5.74) is 5.48. The van der Waals surface area contributed by atoms with Gasteiger partial charge in [-0.15, -0.1) is 0 Å². The number of carbonyl (C=O) groups excluding carboxylic acids is 2. The highest BCUT2D eigenvalue weighted by molar-refractivity contribution is 5.97. The van der Waals surface area contributed by atoms with E-state index in [-0.39, 0.29) is 11.8 Å². The van der Waals surface area contributed by atoms with E-state index in [0.29, 0.717) is 12.1 Å². The second kappa shape index (κ2) is 8.38. The first-order valence-electron chi connectivity index (χ1n) is 9.80. The van der Waals surface area contributed by atoms with Crippen LogP contribution >= 0.6 is 0 Å². The van der Waals surface area contributed by atoms with Gasteiger partial charge in [0, 0.05) is 30.8 Å². The summed E-state index contributed by atoms with van der Waals surface area (Å²) in [7, 11) is 0. The van der Waals surface area contributed by atoms with Crippen molar-refractivity contribution in [2.45, 2.75) is 40.0 Å². The van der Waals surface area contributed by atoms with Crippen LogP contribution in [0.2, 0.25) is 0 Å². The Labute approximate surface area is 161 Å². The zero-order chi connectivity index (χ0) is 19.4. The quantitative estimate of drug-likeness (QED) is 0.877. The second-order valence-electron chi connectivity index (χ2n) is 7.33. The molecule has 1 aliphatic rings. The largest absolute Gasteiger partial charge is 0.352 e. The molecule has 27 heavy (non-hydrogen) atoms. The van der Waals surface area contributed by atoms with E-state index in [9.17, 15) is 9.59 Å². The predicted molar refractivity (Wildman–Crippen MR) is 109 cm³/mol. The van der Waals surface area contributed by atoms with Crippen LogP contribution in [0.1, 0.15) is 58.0 Å². The van der Waals surface area contributed by atoms with Crippen LogP contribution in [0, 0.1) is 13.8 Å². The first-order valence-corrected chi connectivity index (χ1v) is 9.80. The van der Waals surface area contributed by atoms with Crippen molar-refractivity contribution in [1.82, 2.24) is 10.2 Å². The average molecular weight is 364 g/mol. The van der Waals surface area contributed by atoms with E-state index >= 15 is 0 Å². The maximum absolute atomic E-state index is 12.9. The minimum atomic E-state index is -0.0688. The molecule has 2 aromatic carbocycles. The van der Waals surface area contributed by atoms with Crippen LogP contribution in [0.3, 0.4) is 0 Å². The number of carbonyl (C=O) groups is 2. The molecule has 0 radical (unpaired) electrons. The molecule has 1 heterocycles. The number of amides is 2. The molecule has 2 aromatic rings. The van der Waals surface area contributed by atoms with Crippen molar-refractivity contribution >= 4 is 11.8 Å². The smallest absolute Gasteiger partial charge is 0.253 e. The van der Waals surface area contributed by atoms with Gasteiger partial charge in [-0.1, -0.05) is 12.1 Å². The van der Waals surface area contributed by atoms with Crippen LogP contribution in [0.4, 0.5) is 0 Å². The normalized spacial score (nSPS) is 14.1. The van der Waals surface area contributed by atoms with Gasteiger partial charge in [-0.3, -0.25) is 9.59 Å². The van der Waals surface area contributed by atoms with Gasteiger partial charge in [-0.25, -0.2) is 0 Å². The topological polar surface area (TPSA) is 49.4 Å². The summed E-state index contributed by atoms with van der Waals surface area (Å²) in [6, 6.07) is 11.8. The van der Waals surface area contributed by atoms with Crippen molar-refractivity contribution in [3.8, 4) is 11.1 Å². The highest BCUT2D eigenvalue weighted by Gasteiger charge is 2.19. The van der Waals surface area contributed by atoms with Crippen LogP contribution in [0.15, 0.2) is 36.4 Å². The van der Waals surface area contributed by atoms with Crippen LogP contribution in [-0.4, -0.2) is 36.3 Å². The summed E-state index contributed by atoms with van der Waals surface area (Å²) < 4.78 is 0. The lowest BCUT2D eigenvalue weighted by Crippen LogP contribution is -2.35. The summed E-state index contributed by atoms with van der Waals surface area (Å²) in [5.74, 6) is 0.0354. The Balaban J connectivity index is 1.97. The minimum absolute atomic E-state index is 0.0688. The minimum Gasteiger partial charge on any atom is -0.352 e. The SMILES string of the molecule is CCNC(=O)c1cc(C)cc(-c2cc(C(=O)N3CCCCC3)ccc2C)c1. The standard InChI is InChI=1S/C23H28N2O2/c1-4-24-22(26)20-13-16(2)12-19(14-20)21-15-18(9-8-17(21)3)23(27)25-10-6-5-7-11-25/h8-9,12-15H,4-7,10-11H2,1-3H3,(H,24,26). The van der Waals surface area contributed by atoms with Gasteiger partial charge in [0.05, 0.1) is 0 Å². The van der Waals surface area contributed by atoms with Gasteiger partial charge < -0.3 is 10.2 Å². The van der Waals surface area contributed by atoms with E-state index in [1.54, 1.807) is 0 Å². The average Bonchev–Trinajstić information content (AvgIpc) is 2.68. The van der Waals surface area contributed by atoms with Crippen molar-refractivity contribution in [3.05, 3.63) is 58.7 Å². The van der Waals surface area contributed by atoms with E-state index in [1.807, 2.05) is 56.0 Å². The van der Waals surface area contributed by atoms with Gasteiger partial charge in [0.2, 0.25) is 0 Å². The first kappa shape index (κ1) is 19.2. The molecule has 2 amide bonds. The zero-order valence-electron chi connectivity index (χ0n) is 16.5. The molecule has 0 saturated carbocycles. The highest BCUT2D eigenvalue weighted by Crippen LogP contribution is 2.28. The van der Waals surface area contributed by atoms with E-state index < -0.39 is 0 Å². The Morgan fingerprint density at radius 1 is 0.963 bits per heavy atom. The molecular formula is C23H28N2O2. The maximum Gasteiger partial charge on any atom is 0.253 e. The molecular weight excluding hydrogens is 336 g/mol. The molecule has 1 aliphatic heterocycles. The fourth-order valence-electron chi connectivity index (χ4n) is 3.68. The van der Waals surface area contributed by atoms with Crippen LogP contribution in [0.5, 0.6) is 0 Å². The molecule has 3 rings (SSSR count). The van der Waals surface area contributed by atoms with Crippen LogP contribution < -0.4 is 5.32 Å². The van der Waals surface area contributed by atoms with Crippen molar-refractivity contribution in [2.24, 2.45) is 0 Å².